The minimum absolute atomic E-state index is 0.0745. The van der Waals surface area contributed by atoms with Crippen LogP contribution in [0.5, 0.6) is 0 Å². The third-order valence-corrected chi connectivity index (χ3v) is 5.04. The van der Waals surface area contributed by atoms with Crippen molar-refractivity contribution in [2.24, 2.45) is 5.92 Å². The lowest BCUT2D eigenvalue weighted by Gasteiger charge is -2.33. The normalized spacial score (nSPS) is 20.8. The summed E-state index contributed by atoms with van der Waals surface area (Å²) in [7, 11) is 0. The van der Waals surface area contributed by atoms with Crippen LogP contribution in [0.15, 0.2) is 16.8 Å². The highest BCUT2D eigenvalue weighted by Gasteiger charge is 2.30. The second-order valence-electron chi connectivity index (χ2n) is 6.43. The van der Waals surface area contributed by atoms with E-state index in [0.717, 1.165) is 31.4 Å². The van der Waals surface area contributed by atoms with Crippen molar-refractivity contribution in [3.8, 4) is 0 Å². The van der Waals surface area contributed by atoms with Crippen molar-refractivity contribution < 1.29 is 14.7 Å². The number of hydrogen-bond acceptors (Lipinski definition) is 4. The maximum Gasteiger partial charge on any atom is 0.225 e. The number of carbonyl (C=O) groups is 2. The van der Waals surface area contributed by atoms with Gasteiger partial charge in [-0.15, -0.1) is 0 Å². The summed E-state index contributed by atoms with van der Waals surface area (Å²) in [5, 5.41) is 17.1. The zero-order valence-corrected chi connectivity index (χ0v) is 14.7. The molecule has 0 bridgehead atoms. The lowest BCUT2D eigenvalue weighted by atomic mass is 9.95. The lowest BCUT2D eigenvalue weighted by molar-refractivity contribution is -0.136. The highest BCUT2D eigenvalue weighted by atomic mass is 32.1. The molecule has 2 heterocycles. The van der Waals surface area contributed by atoms with Crippen molar-refractivity contribution in [3.05, 3.63) is 22.4 Å². The first-order valence-corrected chi connectivity index (χ1v) is 9.19. The summed E-state index contributed by atoms with van der Waals surface area (Å²) in [6, 6.07) is 1.86. The fourth-order valence-electron chi connectivity index (χ4n) is 2.87. The van der Waals surface area contributed by atoms with E-state index in [1.807, 2.05) is 23.8 Å². The first-order valence-electron chi connectivity index (χ1n) is 8.24. The Kier molecular flexibility index (Phi) is 6.18. The van der Waals surface area contributed by atoms with Gasteiger partial charge in [-0.25, -0.2) is 0 Å². The Hall–Kier alpha value is -1.40. The van der Waals surface area contributed by atoms with E-state index >= 15 is 0 Å². The molecule has 2 unspecified atom stereocenters. The van der Waals surface area contributed by atoms with Gasteiger partial charge in [0.2, 0.25) is 11.8 Å². The summed E-state index contributed by atoms with van der Waals surface area (Å²) in [5.41, 5.74) is -0.256. The monoisotopic (exact) mass is 338 g/mol. The molecule has 0 saturated carbocycles. The molecule has 0 aliphatic carbocycles. The molecule has 23 heavy (non-hydrogen) atoms. The van der Waals surface area contributed by atoms with Gasteiger partial charge in [0.1, 0.15) is 5.60 Å². The largest absolute Gasteiger partial charge is 0.384 e. The molecule has 1 aliphatic heterocycles. The van der Waals surface area contributed by atoms with Crippen LogP contribution in [0.1, 0.15) is 45.1 Å². The lowest BCUT2D eigenvalue weighted by Crippen LogP contribution is -2.47. The van der Waals surface area contributed by atoms with Crippen molar-refractivity contribution in [2.75, 3.05) is 19.6 Å². The minimum Gasteiger partial charge on any atom is -0.384 e. The summed E-state index contributed by atoms with van der Waals surface area (Å²) in [6.07, 6.45) is 3.02. The predicted octanol–water partition coefficient (Wildman–Crippen LogP) is 2.11. The number of amides is 2. The van der Waals surface area contributed by atoms with Gasteiger partial charge in [0, 0.05) is 19.5 Å². The Labute approximate surface area is 141 Å². The standard InChI is InChI=1S/C17H26N2O3S/c1-3-5-15(20)19-8-4-6-13(10-19)16(21)18-12-17(2,22)14-7-9-23-11-14/h7,9,11,13,22H,3-6,8,10,12H2,1-2H3,(H,18,21). The number of nitrogens with zero attached hydrogens (tertiary/aromatic N) is 1. The van der Waals surface area contributed by atoms with E-state index in [9.17, 15) is 14.7 Å². The van der Waals surface area contributed by atoms with E-state index in [2.05, 4.69) is 5.32 Å². The molecule has 1 aromatic heterocycles. The number of aliphatic hydroxyl groups is 1. The molecule has 2 N–H and O–H groups in total. The summed E-state index contributed by atoms with van der Waals surface area (Å²) in [6.45, 7) is 5.11. The van der Waals surface area contributed by atoms with E-state index < -0.39 is 5.60 Å². The molecule has 128 valence electrons. The third-order valence-electron chi connectivity index (χ3n) is 4.36. The number of likely N-dealkylation sites (tertiary alicyclic amines) is 1. The van der Waals surface area contributed by atoms with Crippen LogP contribution in [0.4, 0.5) is 0 Å². The van der Waals surface area contributed by atoms with E-state index in [0.29, 0.717) is 13.0 Å². The Morgan fingerprint density at radius 2 is 2.30 bits per heavy atom. The van der Waals surface area contributed by atoms with Crippen molar-refractivity contribution in [1.82, 2.24) is 10.2 Å². The van der Waals surface area contributed by atoms with Crippen LogP contribution in [-0.4, -0.2) is 41.5 Å². The highest BCUT2D eigenvalue weighted by molar-refractivity contribution is 7.08. The SMILES string of the molecule is CCCC(=O)N1CCCC(C(=O)NCC(C)(O)c2ccsc2)C1. The maximum absolute atomic E-state index is 12.4. The van der Waals surface area contributed by atoms with Crippen molar-refractivity contribution in [3.63, 3.8) is 0 Å². The molecule has 6 heteroatoms. The van der Waals surface area contributed by atoms with Crippen LogP contribution < -0.4 is 5.32 Å². The molecular weight excluding hydrogens is 312 g/mol. The number of hydrogen-bond donors (Lipinski definition) is 2. The quantitative estimate of drug-likeness (QED) is 0.835. The Balaban J connectivity index is 1.86. The fourth-order valence-corrected chi connectivity index (χ4v) is 3.65. The van der Waals surface area contributed by atoms with Gasteiger partial charge in [0.05, 0.1) is 12.5 Å². The molecule has 2 amide bonds. The summed E-state index contributed by atoms with van der Waals surface area (Å²) < 4.78 is 0. The zero-order valence-electron chi connectivity index (χ0n) is 13.9. The zero-order chi connectivity index (χ0) is 16.9. The second kappa shape index (κ2) is 7.93. The first kappa shape index (κ1) is 17.9. The van der Waals surface area contributed by atoms with Gasteiger partial charge in [-0.2, -0.15) is 11.3 Å². The molecule has 2 rings (SSSR count). The highest BCUT2D eigenvalue weighted by Crippen LogP contribution is 2.23. The molecular formula is C17H26N2O3S. The Morgan fingerprint density at radius 1 is 1.52 bits per heavy atom. The summed E-state index contributed by atoms with van der Waals surface area (Å²) in [4.78, 5) is 26.2. The van der Waals surface area contributed by atoms with Gasteiger partial charge < -0.3 is 15.3 Å². The van der Waals surface area contributed by atoms with Gasteiger partial charge in [-0.05, 0) is 48.6 Å². The predicted molar refractivity (Wildman–Crippen MR) is 91.1 cm³/mol. The van der Waals surface area contributed by atoms with Crippen molar-refractivity contribution >= 4 is 23.2 Å². The second-order valence-corrected chi connectivity index (χ2v) is 7.21. The number of rotatable bonds is 6. The first-order chi connectivity index (χ1) is 10.9. The molecule has 1 fully saturated rings. The number of thiophene rings is 1. The van der Waals surface area contributed by atoms with E-state index in [1.165, 1.54) is 11.3 Å². The molecule has 2 atom stereocenters. The van der Waals surface area contributed by atoms with E-state index in [1.54, 1.807) is 11.8 Å². The molecule has 0 radical (unpaired) electrons. The molecule has 5 nitrogen and oxygen atoms in total. The van der Waals surface area contributed by atoms with Crippen LogP contribution >= 0.6 is 11.3 Å². The van der Waals surface area contributed by atoms with E-state index in [4.69, 9.17) is 0 Å². The van der Waals surface area contributed by atoms with Crippen LogP contribution in [0.3, 0.4) is 0 Å². The molecule has 1 aromatic rings. The summed E-state index contributed by atoms with van der Waals surface area (Å²) in [5.74, 6) is -0.118. The van der Waals surface area contributed by atoms with Gasteiger partial charge in [-0.1, -0.05) is 6.92 Å². The molecule has 1 aliphatic rings. The average molecular weight is 338 g/mol. The van der Waals surface area contributed by atoms with Crippen molar-refractivity contribution in [2.45, 2.75) is 45.1 Å². The fraction of sp³-hybridized carbons (Fsp3) is 0.647. The average Bonchev–Trinajstić information content (AvgIpc) is 3.08. The van der Waals surface area contributed by atoms with Crippen LogP contribution in [0.2, 0.25) is 0 Å². The third kappa shape index (κ3) is 4.78. The Morgan fingerprint density at radius 3 is 2.96 bits per heavy atom. The van der Waals surface area contributed by atoms with Crippen LogP contribution in [0, 0.1) is 5.92 Å². The Bertz CT molecular complexity index is 528. The number of piperidine rings is 1. The van der Waals surface area contributed by atoms with Crippen LogP contribution in [0.25, 0.3) is 0 Å². The molecule has 0 spiro atoms. The van der Waals surface area contributed by atoms with Crippen LogP contribution in [-0.2, 0) is 15.2 Å². The summed E-state index contributed by atoms with van der Waals surface area (Å²) >= 11 is 1.52. The number of nitrogens with one attached hydrogen (secondary N) is 1. The number of carbonyl (C=O) groups excluding carboxylic acids is 2. The van der Waals surface area contributed by atoms with Gasteiger partial charge >= 0.3 is 0 Å². The van der Waals surface area contributed by atoms with Crippen molar-refractivity contribution in [1.29, 1.82) is 0 Å². The minimum atomic E-state index is -1.07. The van der Waals surface area contributed by atoms with Gasteiger partial charge in [-0.3, -0.25) is 9.59 Å². The molecule has 1 saturated heterocycles. The smallest absolute Gasteiger partial charge is 0.225 e. The van der Waals surface area contributed by atoms with Gasteiger partial charge in [0.25, 0.3) is 0 Å². The topological polar surface area (TPSA) is 69.6 Å². The maximum atomic E-state index is 12.4. The molecule has 0 aromatic carbocycles. The van der Waals surface area contributed by atoms with Gasteiger partial charge in [0.15, 0.2) is 0 Å². The van der Waals surface area contributed by atoms with E-state index in [-0.39, 0.29) is 24.3 Å².